The minimum absolute atomic E-state index is 0.234. The third-order valence-corrected chi connectivity index (χ3v) is 2.03. The number of nitrogens with one attached hydrogen (secondary N) is 2. The molecule has 0 bridgehead atoms. The number of unbranched alkanes of at least 4 members (excludes halogenated alkanes) is 2. The predicted molar refractivity (Wildman–Crippen MR) is 61.2 cm³/mol. The van der Waals surface area contributed by atoms with E-state index in [9.17, 15) is 0 Å². The molecule has 0 fully saturated rings. The van der Waals surface area contributed by atoms with Gasteiger partial charge in [-0.25, -0.2) is 0 Å². The maximum atomic E-state index is 8.53. The lowest BCUT2D eigenvalue weighted by atomic mass is 10.3. The van der Waals surface area contributed by atoms with E-state index in [1.54, 1.807) is 0 Å². The molecule has 4 nitrogen and oxygen atoms in total. The van der Waals surface area contributed by atoms with Crippen LogP contribution in [0.5, 0.6) is 0 Å². The van der Waals surface area contributed by atoms with Crippen LogP contribution in [0, 0.1) is 0 Å². The highest BCUT2D eigenvalue weighted by molar-refractivity contribution is 7.80. The molecular formula is C9H20N2O2S. The molecule has 84 valence electrons. The first-order valence-electron chi connectivity index (χ1n) is 5.04. The van der Waals surface area contributed by atoms with Crippen molar-refractivity contribution in [1.82, 2.24) is 10.6 Å². The molecule has 0 saturated heterocycles. The molecule has 0 spiro atoms. The second kappa shape index (κ2) is 10.7. The zero-order valence-corrected chi connectivity index (χ0v) is 9.28. The summed E-state index contributed by atoms with van der Waals surface area (Å²) in [4.78, 5) is 0. The number of thiocarbonyl (C=S) groups is 1. The highest BCUT2D eigenvalue weighted by atomic mass is 32.1. The van der Waals surface area contributed by atoms with Gasteiger partial charge in [-0.15, -0.1) is 0 Å². The van der Waals surface area contributed by atoms with Crippen LogP contribution in [0.1, 0.15) is 25.7 Å². The van der Waals surface area contributed by atoms with Gasteiger partial charge in [0, 0.05) is 26.3 Å². The number of aliphatic hydroxyl groups excluding tert-OH is 2. The molecule has 0 heterocycles. The second-order valence-corrected chi connectivity index (χ2v) is 3.45. The fourth-order valence-electron chi connectivity index (χ4n) is 0.940. The lowest BCUT2D eigenvalue weighted by molar-refractivity contribution is 0.284. The molecule has 0 amide bonds. The van der Waals surface area contributed by atoms with Gasteiger partial charge in [0.1, 0.15) is 0 Å². The van der Waals surface area contributed by atoms with Gasteiger partial charge >= 0.3 is 0 Å². The fraction of sp³-hybridized carbons (Fsp3) is 0.889. The number of rotatable bonds is 8. The molecular weight excluding hydrogens is 200 g/mol. The summed E-state index contributed by atoms with van der Waals surface area (Å²) in [6.07, 6.45) is 3.46. The van der Waals surface area contributed by atoms with Crippen LogP contribution in [0.25, 0.3) is 0 Å². The van der Waals surface area contributed by atoms with Crippen molar-refractivity contribution in [3.05, 3.63) is 0 Å². The Kier molecular flexibility index (Phi) is 10.4. The Labute approximate surface area is 90.7 Å². The molecule has 5 heteroatoms. The normalized spacial score (nSPS) is 9.86. The summed E-state index contributed by atoms with van der Waals surface area (Å²) in [6, 6.07) is 0. The van der Waals surface area contributed by atoms with Crippen LogP contribution in [0.4, 0.5) is 0 Å². The van der Waals surface area contributed by atoms with Crippen molar-refractivity contribution in [3.8, 4) is 0 Å². The van der Waals surface area contributed by atoms with E-state index >= 15 is 0 Å². The Balaban J connectivity index is 3.11. The molecule has 0 radical (unpaired) electrons. The topological polar surface area (TPSA) is 64.5 Å². The Hall–Kier alpha value is -0.390. The number of hydrogen-bond acceptors (Lipinski definition) is 3. The van der Waals surface area contributed by atoms with Gasteiger partial charge in [-0.3, -0.25) is 0 Å². The summed E-state index contributed by atoms with van der Waals surface area (Å²) in [7, 11) is 0. The van der Waals surface area contributed by atoms with Gasteiger partial charge in [0.2, 0.25) is 0 Å². The van der Waals surface area contributed by atoms with E-state index in [1.807, 2.05) is 0 Å². The van der Waals surface area contributed by atoms with Crippen LogP contribution in [-0.2, 0) is 0 Å². The van der Waals surface area contributed by atoms with Crippen molar-refractivity contribution in [2.45, 2.75) is 25.7 Å². The molecule has 0 atom stereocenters. The zero-order valence-electron chi connectivity index (χ0n) is 8.46. The van der Waals surface area contributed by atoms with Crippen LogP contribution < -0.4 is 10.6 Å². The molecule has 0 aliphatic rings. The molecule has 0 aliphatic heterocycles. The highest BCUT2D eigenvalue weighted by Gasteiger charge is 1.93. The summed E-state index contributed by atoms with van der Waals surface area (Å²) in [5.74, 6) is 0. The molecule has 0 aliphatic carbocycles. The van der Waals surface area contributed by atoms with Gasteiger partial charge < -0.3 is 20.8 Å². The monoisotopic (exact) mass is 220 g/mol. The van der Waals surface area contributed by atoms with E-state index in [1.165, 1.54) is 0 Å². The SMILES string of the molecule is OCCCCNC(=S)NCCCCO. The lowest BCUT2D eigenvalue weighted by Gasteiger charge is -2.09. The van der Waals surface area contributed by atoms with Crippen molar-refractivity contribution in [3.63, 3.8) is 0 Å². The van der Waals surface area contributed by atoms with Crippen LogP contribution >= 0.6 is 12.2 Å². The lowest BCUT2D eigenvalue weighted by Crippen LogP contribution is -2.36. The minimum atomic E-state index is 0.234. The quantitative estimate of drug-likeness (QED) is 0.342. The van der Waals surface area contributed by atoms with Crippen molar-refractivity contribution in [2.75, 3.05) is 26.3 Å². The predicted octanol–water partition coefficient (Wildman–Crippen LogP) is -0.00450. The summed E-state index contributed by atoms with van der Waals surface area (Å²) in [5.41, 5.74) is 0. The Morgan fingerprint density at radius 3 is 1.64 bits per heavy atom. The summed E-state index contributed by atoms with van der Waals surface area (Å²) < 4.78 is 0. The molecule has 0 aromatic carbocycles. The van der Waals surface area contributed by atoms with Gasteiger partial charge in [0.15, 0.2) is 5.11 Å². The van der Waals surface area contributed by atoms with E-state index in [0.717, 1.165) is 38.8 Å². The van der Waals surface area contributed by atoms with Gasteiger partial charge in [0.25, 0.3) is 0 Å². The number of hydrogen-bond donors (Lipinski definition) is 4. The Bertz CT molecular complexity index is 131. The van der Waals surface area contributed by atoms with Crippen molar-refractivity contribution in [2.24, 2.45) is 0 Å². The summed E-state index contributed by atoms with van der Waals surface area (Å²) >= 11 is 5.01. The van der Waals surface area contributed by atoms with Gasteiger partial charge in [-0.2, -0.15) is 0 Å². The largest absolute Gasteiger partial charge is 0.396 e. The van der Waals surface area contributed by atoms with Crippen LogP contribution in [0.2, 0.25) is 0 Å². The molecule has 0 unspecified atom stereocenters. The smallest absolute Gasteiger partial charge is 0.166 e. The van der Waals surface area contributed by atoms with Crippen molar-refractivity contribution >= 4 is 17.3 Å². The average molecular weight is 220 g/mol. The standard InChI is InChI=1S/C9H20N2O2S/c12-7-3-1-5-10-9(14)11-6-2-4-8-13/h12-13H,1-8H2,(H2,10,11,14). The Morgan fingerprint density at radius 2 is 1.29 bits per heavy atom. The van der Waals surface area contributed by atoms with Gasteiger partial charge in [-0.05, 0) is 37.9 Å². The molecule has 4 N–H and O–H groups in total. The molecule has 0 aromatic rings. The van der Waals surface area contributed by atoms with Crippen LogP contribution in [-0.4, -0.2) is 41.6 Å². The van der Waals surface area contributed by atoms with E-state index in [-0.39, 0.29) is 13.2 Å². The maximum absolute atomic E-state index is 8.53. The fourth-order valence-corrected chi connectivity index (χ4v) is 1.14. The molecule has 0 aromatic heterocycles. The highest BCUT2D eigenvalue weighted by Crippen LogP contribution is 1.85. The van der Waals surface area contributed by atoms with Crippen LogP contribution in [0.3, 0.4) is 0 Å². The zero-order chi connectivity index (χ0) is 10.6. The second-order valence-electron chi connectivity index (χ2n) is 3.04. The van der Waals surface area contributed by atoms with Gasteiger partial charge in [-0.1, -0.05) is 0 Å². The van der Waals surface area contributed by atoms with E-state index in [0.29, 0.717) is 5.11 Å². The molecule has 0 rings (SSSR count). The average Bonchev–Trinajstić information content (AvgIpc) is 2.19. The maximum Gasteiger partial charge on any atom is 0.166 e. The minimum Gasteiger partial charge on any atom is -0.396 e. The van der Waals surface area contributed by atoms with E-state index in [4.69, 9.17) is 22.4 Å². The first kappa shape index (κ1) is 13.6. The van der Waals surface area contributed by atoms with Gasteiger partial charge in [0.05, 0.1) is 0 Å². The molecule has 14 heavy (non-hydrogen) atoms. The summed E-state index contributed by atoms with van der Waals surface area (Å²) in [6.45, 7) is 2.07. The Morgan fingerprint density at radius 1 is 0.857 bits per heavy atom. The van der Waals surface area contributed by atoms with Crippen molar-refractivity contribution < 1.29 is 10.2 Å². The van der Waals surface area contributed by atoms with E-state index in [2.05, 4.69) is 10.6 Å². The third kappa shape index (κ3) is 9.70. The summed E-state index contributed by atoms with van der Waals surface area (Å²) in [5, 5.41) is 23.8. The van der Waals surface area contributed by atoms with E-state index < -0.39 is 0 Å². The van der Waals surface area contributed by atoms with Crippen LogP contribution in [0.15, 0.2) is 0 Å². The van der Waals surface area contributed by atoms with Crippen molar-refractivity contribution in [1.29, 1.82) is 0 Å². The molecule has 0 saturated carbocycles. The first-order chi connectivity index (χ1) is 6.81. The number of aliphatic hydroxyl groups is 2. The third-order valence-electron chi connectivity index (χ3n) is 1.74. The first-order valence-corrected chi connectivity index (χ1v) is 5.45.